The lowest BCUT2D eigenvalue weighted by molar-refractivity contribution is -0.384. The highest BCUT2D eigenvalue weighted by Crippen LogP contribution is 2.35. The van der Waals surface area contributed by atoms with Gasteiger partial charge in [-0.2, -0.15) is 0 Å². The lowest BCUT2D eigenvalue weighted by Gasteiger charge is -2.35. The summed E-state index contributed by atoms with van der Waals surface area (Å²) in [7, 11) is 0. The molecular weight excluding hydrogens is 275 g/mol. The van der Waals surface area contributed by atoms with Crippen LogP contribution in [0.1, 0.15) is 13.3 Å². The van der Waals surface area contributed by atoms with Crippen molar-refractivity contribution >= 4 is 23.0 Å². The zero-order valence-electron chi connectivity index (χ0n) is 10.3. The predicted molar refractivity (Wildman–Crippen MR) is 70.1 cm³/mol. The molecule has 1 N–H and O–H groups in total. The molecule has 1 saturated heterocycles. The van der Waals surface area contributed by atoms with Gasteiger partial charge < -0.3 is 10.0 Å². The lowest BCUT2D eigenvalue weighted by Crippen LogP contribution is -2.42. The minimum absolute atomic E-state index is 0.00261. The average molecular weight is 289 g/mol. The Bertz CT molecular complexity index is 512. The Morgan fingerprint density at radius 1 is 1.58 bits per heavy atom. The third kappa shape index (κ3) is 2.79. The molecule has 1 fully saturated rings. The molecule has 0 spiro atoms. The zero-order valence-corrected chi connectivity index (χ0v) is 11.1. The Balaban J connectivity index is 2.38. The van der Waals surface area contributed by atoms with Crippen LogP contribution in [-0.4, -0.2) is 29.2 Å². The number of halogens is 2. The van der Waals surface area contributed by atoms with Gasteiger partial charge >= 0.3 is 0 Å². The van der Waals surface area contributed by atoms with Crippen molar-refractivity contribution in [1.29, 1.82) is 0 Å². The standard InChI is InChI=1S/C12H14ClFN2O3/c1-7-6-15(3-2-12(7)17)10-4-8(13)9(14)5-11(10)16(18)19/h4-5,7,12,17H,2-3,6H2,1H3. The third-order valence-corrected chi connectivity index (χ3v) is 3.70. The van der Waals surface area contributed by atoms with Crippen molar-refractivity contribution in [3.63, 3.8) is 0 Å². The van der Waals surface area contributed by atoms with Crippen molar-refractivity contribution in [2.45, 2.75) is 19.4 Å². The summed E-state index contributed by atoms with van der Waals surface area (Å²) in [6.07, 6.45) is 0.110. The Kier molecular flexibility index (Phi) is 3.91. The van der Waals surface area contributed by atoms with Crippen LogP contribution in [0.15, 0.2) is 12.1 Å². The summed E-state index contributed by atoms with van der Waals surface area (Å²) in [5.74, 6) is -0.806. The van der Waals surface area contributed by atoms with Gasteiger partial charge in [0.25, 0.3) is 5.69 Å². The minimum atomic E-state index is -0.804. The van der Waals surface area contributed by atoms with Crippen LogP contribution in [0.5, 0.6) is 0 Å². The minimum Gasteiger partial charge on any atom is -0.393 e. The highest BCUT2D eigenvalue weighted by molar-refractivity contribution is 6.31. The van der Waals surface area contributed by atoms with Crippen molar-refractivity contribution in [2.24, 2.45) is 5.92 Å². The van der Waals surface area contributed by atoms with E-state index in [9.17, 15) is 19.6 Å². The quantitative estimate of drug-likeness (QED) is 0.671. The van der Waals surface area contributed by atoms with E-state index in [1.165, 1.54) is 6.07 Å². The van der Waals surface area contributed by atoms with Crippen LogP contribution in [0.4, 0.5) is 15.8 Å². The molecule has 104 valence electrons. The van der Waals surface area contributed by atoms with Crippen molar-refractivity contribution in [3.8, 4) is 0 Å². The second-order valence-electron chi connectivity index (χ2n) is 4.79. The molecule has 1 aliphatic rings. The van der Waals surface area contributed by atoms with E-state index in [0.29, 0.717) is 25.2 Å². The molecule has 5 nitrogen and oxygen atoms in total. The lowest BCUT2D eigenvalue weighted by atomic mass is 9.96. The number of piperidine rings is 1. The van der Waals surface area contributed by atoms with Gasteiger partial charge in [0.15, 0.2) is 0 Å². The maximum atomic E-state index is 13.3. The number of rotatable bonds is 2. The van der Waals surface area contributed by atoms with Gasteiger partial charge in [-0.15, -0.1) is 0 Å². The second kappa shape index (κ2) is 5.30. The molecule has 19 heavy (non-hydrogen) atoms. The topological polar surface area (TPSA) is 66.6 Å². The summed E-state index contributed by atoms with van der Waals surface area (Å²) in [5.41, 5.74) is 0.000592. The molecule has 0 bridgehead atoms. The SMILES string of the molecule is CC1CN(c2cc(Cl)c(F)cc2[N+](=O)[O-])CCC1O. The van der Waals surface area contributed by atoms with Crippen LogP contribution in [-0.2, 0) is 0 Å². The van der Waals surface area contributed by atoms with E-state index in [1.807, 2.05) is 6.92 Å². The maximum absolute atomic E-state index is 13.3. The summed E-state index contributed by atoms with van der Waals surface area (Å²) in [4.78, 5) is 12.1. The van der Waals surface area contributed by atoms with Crippen molar-refractivity contribution in [2.75, 3.05) is 18.0 Å². The molecule has 2 unspecified atom stereocenters. The second-order valence-corrected chi connectivity index (χ2v) is 5.20. The zero-order chi connectivity index (χ0) is 14.2. The normalized spacial score (nSPS) is 23.5. The molecule has 2 atom stereocenters. The van der Waals surface area contributed by atoms with Crippen molar-refractivity contribution in [1.82, 2.24) is 0 Å². The van der Waals surface area contributed by atoms with E-state index in [2.05, 4.69) is 0 Å². The van der Waals surface area contributed by atoms with E-state index in [-0.39, 0.29) is 16.6 Å². The molecule has 7 heteroatoms. The van der Waals surface area contributed by atoms with Gasteiger partial charge in [-0.1, -0.05) is 18.5 Å². The van der Waals surface area contributed by atoms with Gasteiger partial charge in [0.1, 0.15) is 11.5 Å². The fraction of sp³-hybridized carbons (Fsp3) is 0.500. The highest BCUT2D eigenvalue weighted by Gasteiger charge is 2.29. The first-order valence-electron chi connectivity index (χ1n) is 5.96. The Hall–Kier alpha value is -1.40. The van der Waals surface area contributed by atoms with E-state index in [1.54, 1.807) is 4.90 Å². The van der Waals surface area contributed by atoms with Gasteiger partial charge in [0.2, 0.25) is 0 Å². The molecule has 0 radical (unpaired) electrons. The van der Waals surface area contributed by atoms with E-state index in [0.717, 1.165) is 6.07 Å². The number of anilines is 1. The van der Waals surface area contributed by atoms with Crippen LogP contribution < -0.4 is 4.90 Å². The van der Waals surface area contributed by atoms with Crippen molar-refractivity contribution < 1.29 is 14.4 Å². The fourth-order valence-electron chi connectivity index (χ4n) is 2.28. The van der Waals surface area contributed by atoms with Crippen LogP contribution in [0, 0.1) is 21.8 Å². The molecular formula is C12H14ClFN2O3. The molecule has 0 aliphatic carbocycles. The first-order chi connectivity index (χ1) is 8.90. The number of aliphatic hydroxyl groups excluding tert-OH is 1. The van der Waals surface area contributed by atoms with Gasteiger partial charge in [-0.05, 0) is 18.4 Å². The van der Waals surface area contributed by atoms with E-state index >= 15 is 0 Å². The summed E-state index contributed by atoms with van der Waals surface area (Å²) < 4.78 is 13.3. The van der Waals surface area contributed by atoms with Gasteiger partial charge in [0, 0.05) is 13.1 Å². The van der Waals surface area contributed by atoms with Crippen LogP contribution >= 0.6 is 11.6 Å². The molecule has 1 aromatic carbocycles. The summed E-state index contributed by atoms with van der Waals surface area (Å²) >= 11 is 5.70. The Labute approximate surface area is 114 Å². The van der Waals surface area contributed by atoms with Gasteiger partial charge in [-0.25, -0.2) is 4.39 Å². The Morgan fingerprint density at radius 3 is 2.84 bits per heavy atom. The number of benzene rings is 1. The molecule has 0 aromatic heterocycles. The number of hydrogen-bond acceptors (Lipinski definition) is 4. The van der Waals surface area contributed by atoms with Crippen LogP contribution in [0.25, 0.3) is 0 Å². The van der Waals surface area contributed by atoms with Crippen molar-refractivity contribution in [3.05, 3.63) is 33.1 Å². The first kappa shape index (κ1) is 14.0. The highest BCUT2D eigenvalue weighted by atomic mass is 35.5. The average Bonchev–Trinajstić information content (AvgIpc) is 2.35. The number of nitro benzene ring substituents is 1. The molecule has 0 saturated carbocycles. The summed E-state index contributed by atoms with van der Waals surface area (Å²) in [6.45, 7) is 2.83. The third-order valence-electron chi connectivity index (χ3n) is 3.41. The first-order valence-corrected chi connectivity index (χ1v) is 6.34. The molecule has 1 aromatic rings. The Morgan fingerprint density at radius 2 is 2.26 bits per heavy atom. The molecule has 1 aliphatic heterocycles. The van der Waals surface area contributed by atoms with Gasteiger partial charge in [-0.3, -0.25) is 10.1 Å². The predicted octanol–water partition coefficient (Wildman–Crippen LogP) is 2.59. The smallest absolute Gasteiger partial charge is 0.295 e. The van der Waals surface area contributed by atoms with E-state index < -0.39 is 16.8 Å². The number of hydrogen-bond donors (Lipinski definition) is 1. The summed E-state index contributed by atoms with van der Waals surface area (Å²) in [5, 5.41) is 20.5. The van der Waals surface area contributed by atoms with Crippen LogP contribution in [0.3, 0.4) is 0 Å². The number of nitro groups is 1. The number of nitrogens with zero attached hydrogens (tertiary/aromatic N) is 2. The summed E-state index contributed by atoms with van der Waals surface area (Å²) in [6, 6.07) is 2.12. The van der Waals surface area contributed by atoms with Gasteiger partial charge in [0.05, 0.1) is 22.1 Å². The monoisotopic (exact) mass is 288 g/mol. The molecule has 0 amide bonds. The number of aliphatic hydroxyl groups is 1. The maximum Gasteiger partial charge on any atom is 0.295 e. The largest absolute Gasteiger partial charge is 0.393 e. The fourth-order valence-corrected chi connectivity index (χ4v) is 2.44. The van der Waals surface area contributed by atoms with Crippen LogP contribution in [0.2, 0.25) is 5.02 Å². The molecule has 2 rings (SSSR count). The van der Waals surface area contributed by atoms with E-state index in [4.69, 9.17) is 11.6 Å². The molecule has 1 heterocycles.